The average molecular weight is 491 g/mol. The summed E-state index contributed by atoms with van der Waals surface area (Å²) in [6, 6.07) is 8.11. The third kappa shape index (κ3) is 4.70. The van der Waals surface area contributed by atoms with Crippen LogP contribution in [-0.4, -0.2) is 50.5 Å². The number of nitrogens with one attached hydrogen (secondary N) is 2. The lowest BCUT2D eigenvalue weighted by Gasteiger charge is -2.50. The molecule has 184 valence electrons. The number of allylic oxidation sites excluding steroid dienone is 1. The van der Waals surface area contributed by atoms with E-state index in [1.54, 1.807) is 29.0 Å². The van der Waals surface area contributed by atoms with Gasteiger partial charge in [-0.2, -0.15) is 5.10 Å². The van der Waals surface area contributed by atoms with Crippen molar-refractivity contribution in [2.24, 2.45) is 12.1 Å². The molecule has 0 saturated carbocycles. The molecule has 5 rings (SSSR count). The maximum Gasteiger partial charge on any atom is 0.250 e. The molecule has 0 amide bonds. The van der Waals surface area contributed by atoms with Crippen molar-refractivity contribution in [3.8, 4) is 11.1 Å². The maximum absolute atomic E-state index is 11.8. The van der Waals surface area contributed by atoms with Gasteiger partial charge in [-0.05, 0) is 77.4 Å². The number of thiazole rings is 1. The third-order valence-corrected chi connectivity index (χ3v) is 7.95. The number of hydrogen-bond donors (Lipinski definition) is 2. The normalized spacial score (nSPS) is 21.8. The first-order valence-electron chi connectivity index (χ1n) is 12.1. The van der Waals surface area contributed by atoms with Crippen molar-refractivity contribution in [2.45, 2.75) is 63.8 Å². The van der Waals surface area contributed by atoms with Gasteiger partial charge in [0, 0.05) is 47.6 Å². The third-order valence-electron chi connectivity index (χ3n) is 7.09. The summed E-state index contributed by atoms with van der Waals surface area (Å²) in [5.41, 5.74) is 10.3. The van der Waals surface area contributed by atoms with Gasteiger partial charge in [0.25, 0.3) is 0 Å². The molecule has 1 saturated heterocycles. The zero-order chi connectivity index (χ0) is 25.0. The predicted octanol–water partition coefficient (Wildman–Crippen LogP) is 4.09. The van der Waals surface area contributed by atoms with E-state index in [2.05, 4.69) is 79.7 Å². The minimum Gasteiger partial charge on any atom is -0.318 e. The summed E-state index contributed by atoms with van der Waals surface area (Å²) in [7, 11) is 3.96. The Bertz CT molecular complexity index is 1370. The Morgan fingerprint density at radius 1 is 1.09 bits per heavy atom. The Hall–Kier alpha value is -2.81. The molecule has 2 aliphatic rings. The van der Waals surface area contributed by atoms with Crippen LogP contribution in [0.1, 0.15) is 46.1 Å². The van der Waals surface area contributed by atoms with Gasteiger partial charge in [-0.15, -0.1) is 11.3 Å². The molecular formula is C27H34N6OS. The number of hydrogen-bond acceptors (Lipinski definition) is 7. The first-order chi connectivity index (χ1) is 16.5. The lowest BCUT2D eigenvalue weighted by Crippen LogP contribution is -2.63. The van der Waals surface area contributed by atoms with Crippen molar-refractivity contribution in [3.05, 3.63) is 64.0 Å². The maximum atomic E-state index is 11.8. The Morgan fingerprint density at radius 3 is 2.46 bits per heavy atom. The lowest BCUT2D eigenvalue weighted by molar-refractivity contribution is 0.0599. The number of aryl methyl sites for hydroxylation is 1. The van der Waals surface area contributed by atoms with Gasteiger partial charge in [0.1, 0.15) is 6.17 Å². The highest BCUT2D eigenvalue weighted by atomic mass is 32.1. The zero-order valence-corrected chi connectivity index (χ0v) is 22.1. The fourth-order valence-electron chi connectivity index (χ4n) is 5.70. The number of benzene rings is 1. The smallest absolute Gasteiger partial charge is 0.250 e. The largest absolute Gasteiger partial charge is 0.318 e. The molecule has 2 aromatic heterocycles. The molecule has 3 aromatic rings. The van der Waals surface area contributed by atoms with Crippen LogP contribution in [-0.2, 0) is 7.05 Å². The van der Waals surface area contributed by atoms with Crippen molar-refractivity contribution in [3.63, 3.8) is 0 Å². The molecule has 1 aromatic carbocycles. The second kappa shape index (κ2) is 8.69. The van der Waals surface area contributed by atoms with Crippen molar-refractivity contribution >= 4 is 27.3 Å². The Kier molecular flexibility index (Phi) is 5.94. The van der Waals surface area contributed by atoms with E-state index >= 15 is 0 Å². The van der Waals surface area contributed by atoms with Crippen molar-refractivity contribution in [2.75, 3.05) is 7.05 Å². The number of nitrogens with zero attached hydrogens (tertiary/aromatic N) is 4. The van der Waals surface area contributed by atoms with Crippen molar-refractivity contribution in [1.29, 1.82) is 0 Å². The number of aromatic nitrogens is 2. The summed E-state index contributed by atoms with van der Waals surface area (Å²) in [6.07, 6.45) is 8.39. The topological polar surface area (TPSA) is 74.5 Å². The number of likely N-dealkylation sites (N-methyl/N-ethyl adjacent to an activating group) is 1. The van der Waals surface area contributed by atoms with E-state index in [1.165, 1.54) is 0 Å². The van der Waals surface area contributed by atoms with E-state index in [1.807, 2.05) is 17.8 Å². The van der Waals surface area contributed by atoms with E-state index in [4.69, 9.17) is 5.10 Å². The average Bonchev–Trinajstić information content (AvgIpc) is 3.28. The molecule has 1 atom stereocenters. The summed E-state index contributed by atoms with van der Waals surface area (Å²) < 4.78 is 2.70. The molecule has 2 N–H and O–H groups in total. The van der Waals surface area contributed by atoms with Crippen molar-refractivity contribution < 1.29 is 0 Å². The minimum absolute atomic E-state index is 0.0187. The highest BCUT2D eigenvalue weighted by molar-refractivity contribution is 7.17. The SMILES string of the molecule is CN(C1CC(C)(C)NC(C)(C)C1)C1C=CC(c2ccc(-c3ccc(=O)n(C)c3)c3scnc23)=NN1. The molecule has 35 heavy (non-hydrogen) atoms. The van der Waals surface area contributed by atoms with E-state index in [-0.39, 0.29) is 22.8 Å². The van der Waals surface area contributed by atoms with Crippen LogP contribution in [0.5, 0.6) is 0 Å². The lowest BCUT2D eigenvalue weighted by atomic mass is 9.79. The van der Waals surface area contributed by atoms with Gasteiger partial charge in [-0.25, -0.2) is 4.98 Å². The Labute approximate surface area is 210 Å². The number of piperidine rings is 1. The van der Waals surface area contributed by atoms with Gasteiger partial charge in [0.15, 0.2) is 0 Å². The fourth-order valence-corrected chi connectivity index (χ4v) is 6.55. The Morgan fingerprint density at radius 2 is 1.80 bits per heavy atom. The second-order valence-electron chi connectivity index (χ2n) is 11.1. The minimum atomic E-state index is -0.0187. The van der Waals surface area contributed by atoms with E-state index in [0.717, 1.165) is 45.5 Å². The highest BCUT2D eigenvalue weighted by Crippen LogP contribution is 2.34. The van der Waals surface area contributed by atoms with Crippen LogP contribution in [0.15, 0.2) is 58.0 Å². The molecule has 7 nitrogen and oxygen atoms in total. The summed E-state index contributed by atoms with van der Waals surface area (Å²) in [5.74, 6) is 0. The van der Waals surface area contributed by atoms with Crippen LogP contribution in [0.3, 0.4) is 0 Å². The van der Waals surface area contributed by atoms with Crippen molar-refractivity contribution in [1.82, 2.24) is 25.2 Å². The first-order valence-corrected chi connectivity index (χ1v) is 13.0. The number of rotatable bonds is 4. The van der Waals surface area contributed by atoms with Gasteiger partial charge in [-0.1, -0.05) is 6.07 Å². The summed E-state index contributed by atoms with van der Waals surface area (Å²) in [4.78, 5) is 18.9. The number of hydrazone groups is 1. The standard InChI is InChI=1S/C27H34N6OS/c1-26(2)13-18(14-27(3,4)31-26)33(6)22-11-10-21(29-30-22)20-9-8-19(25-24(20)28-16-35-25)17-7-12-23(34)32(5)15-17/h7-12,15-16,18,22,30-31H,13-14H2,1-6H3. The molecule has 0 radical (unpaired) electrons. The molecule has 2 aliphatic heterocycles. The molecule has 0 spiro atoms. The molecule has 1 fully saturated rings. The highest BCUT2D eigenvalue weighted by Gasteiger charge is 2.40. The fraction of sp³-hybridized carbons (Fsp3) is 0.444. The van der Waals surface area contributed by atoms with Crippen LogP contribution >= 0.6 is 11.3 Å². The molecule has 0 bridgehead atoms. The predicted molar refractivity (Wildman–Crippen MR) is 145 cm³/mol. The second-order valence-corrected chi connectivity index (χ2v) is 12.0. The molecule has 8 heteroatoms. The van der Waals surface area contributed by atoms with Crippen LogP contribution in [0.25, 0.3) is 21.3 Å². The van der Waals surface area contributed by atoms with Gasteiger partial charge in [0.05, 0.1) is 21.4 Å². The van der Waals surface area contributed by atoms with Crippen LogP contribution in [0.2, 0.25) is 0 Å². The monoisotopic (exact) mass is 490 g/mol. The van der Waals surface area contributed by atoms with Crippen LogP contribution < -0.4 is 16.3 Å². The van der Waals surface area contributed by atoms with Crippen LogP contribution in [0, 0.1) is 0 Å². The van der Waals surface area contributed by atoms with Gasteiger partial charge in [0.2, 0.25) is 5.56 Å². The zero-order valence-electron chi connectivity index (χ0n) is 21.3. The first kappa shape index (κ1) is 23.9. The van der Waals surface area contributed by atoms with Gasteiger partial charge in [-0.3, -0.25) is 15.1 Å². The number of pyridine rings is 1. The molecular weight excluding hydrogens is 456 g/mol. The van der Waals surface area contributed by atoms with Gasteiger partial charge >= 0.3 is 0 Å². The van der Waals surface area contributed by atoms with Gasteiger partial charge < -0.3 is 9.88 Å². The molecule has 0 aliphatic carbocycles. The molecule has 4 heterocycles. The van der Waals surface area contributed by atoms with E-state index in [0.29, 0.717) is 6.04 Å². The number of fused-ring (bicyclic) bond motifs is 1. The summed E-state index contributed by atoms with van der Waals surface area (Å²) >= 11 is 1.61. The summed E-state index contributed by atoms with van der Waals surface area (Å²) in [6.45, 7) is 9.14. The van der Waals surface area contributed by atoms with Crippen LogP contribution in [0.4, 0.5) is 0 Å². The Balaban J connectivity index is 1.39. The summed E-state index contributed by atoms with van der Waals surface area (Å²) in [5, 5.41) is 8.54. The quantitative estimate of drug-likeness (QED) is 0.576. The van der Waals surface area contributed by atoms with E-state index < -0.39 is 0 Å². The van der Waals surface area contributed by atoms with E-state index in [9.17, 15) is 4.79 Å². The molecule has 1 unspecified atom stereocenters.